The van der Waals surface area contributed by atoms with Crippen LogP contribution < -0.4 is 0 Å². The SMILES string of the molecule is N#CC1(O)CN(C(c2ccccc2)C2C=CC=CC2)C1. The van der Waals surface area contributed by atoms with Crippen LogP contribution in [0.1, 0.15) is 18.0 Å². The molecular weight excluding hydrogens is 248 g/mol. The number of benzene rings is 1. The smallest absolute Gasteiger partial charge is 0.176 e. The van der Waals surface area contributed by atoms with Crippen molar-refractivity contribution in [3.05, 3.63) is 60.2 Å². The molecule has 3 nitrogen and oxygen atoms in total. The second-order valence-electron chi connectivity index (χ2n) is 5.62. The maximum Gasteiger partial charge on any atom is 0.176 e. The van der Waals surface area contributed by atoms with E-state index in [1.165, 1.54) is 5.56 Å². The van der Waals surface area contributed by atoms with Crippen LogP contribution in [0.15, 0.2) is 54.6 Å². The van der Waals surface area contributed by atoms with Crippen LogP contribution in [-0.2, 0) is 0 Å². The normalized spacial score (nSPS) is 25.7. The number of likely N-dealkylation sites (tertiary alicyclic amines) is 1. The van der Waals surface area contributed by atoms with Gasteiger partial charge >= 0.3 is 0 Å². The average molecular weight is 266 g/mol. The monoisotopic (exact) mass is 266 g/mol. The molecule has 0 saturated carbocycles. The van der Waals surface area contributed by atoms with Gasteiger partial charge in [-0.3, -0.25) is 4.90 Å². The predicted molar refractivity (Wildman–Crippen MR) is 77.7 cm³/mol. The van der Waals surface area contributed by atoms with E-state index in [0.29, 0.717) is 19.0 Å². The van der Waals surface area contributed by atoms with Gasteiger partial charge in [-0.1, -0.05) is 54.6 Å². The van der Waals surface area contributed by atoms with Crippen molar-refractivity contribution >= 4 is 0 Å². The number of β-amino-alcohol motifs (C(OH)–C–C–N with tert-alkyl or cyclic N) is 1. The maximum atomic E-state index is 9.95. The molecule has 1 fully saturated rings. The number of nitriles is 1. The van der Waals surface area contributed by atoms with E-state index in [0.717, 1.165) is 6.42 Å². The summed E-state index contributed by atoms with van der Waals surface area (Å²) in [5, 5.41) is 18.9. The molecule has 1 N–H and O–H groups in total. The van der Waals surface area contributed by atoms with Gasteiger partial charge in [-0.15, -0.1) is 0 Å². The van der Waals surface area contributed by atoms with Crippen molar-refractivity contribution in [3.8, 4) is 6.07 Å². The molecule has 20 heavy (non-hydrogen) atoms. The van der Waals surface area contributed by atoms with Crippen LogP contribution in [0.3, 0.4) is 0 Å². The van der Waals surface area contributed by atoms with Crippen LogP contribution >= 0.6 is 0 Å². The Morgan fingerprint density at radius 3 is 2.60 bits per heavy atom. The zero-order valence-corrected chi connectivity index (χ0v) is 11.3. The van der Waals surface area contributed by atoms with Gasteiger partial charge in [-0.25, -0.2) is 0 Å². The maximum absolute atomic E-state index is 9.95. The fourth-order valence-corrected chi connectivity index (χ4v) is 3.11. The molecule has 1 aliphatic heterocycles. The Morgan fingerprint density at radius 1 is 1.25 bits per heavy atom. The summed E-state index contributed by atoms with van der Waals surface area (Å²) in [6, 6.07) is 12.6. The Labute approximate surface area is 119 Å². The van der Waals surface area contributed by atoms with Crippen molar-refractivity contribution in [2.45, 2.75) is 18.1 Å². The molecule has 0 aromatic heterocycles. The van der Waals surface area contributed by atoms with Crippen molar-refractivity contribution in [1.29, 1.82) is 5.26 Å². The number of hydrogen-bond donors (Lipinski definition) is 1. The third kappa shape index (κ3) is 2.40. The largest absolute Gasteiger partial charge is 0.373 e. The van der Waals surface area contributed by atoms with E-state index in [1.54, 1.807) is 0 Å². The lowest BCUT2D eigenvalue weighted by atomic mass is 9.82. The van der Waals surface area contributed by atoms with Gasteiger partial charge in [-0.2, -0.15) is 5.26 Å². The molecule has 1 aromatic rings. The Morgan fingerprint density at radius 2 is 2.00 bits per heavy atom. The van der Waals surface area contributed by atoms with Gasteiger partial charge < -0.3 is 5.11 Å². The number of allylic oxidation sites excluding steroid dienone is 3. The van der Waals surface area contributed by atoms with Gasteiger partial charge in [0, 0.05) is 25.0 Å². The predicted octanol–water partition coefficient (Wildman–Crippen LogP) is 2.43. The Bertz CT molecular complexity index is 564. The fraction of sp³-hybridized carbons (Fsp3) is 0.353. The van der Waals surface area contributed by atoms with E-state index in [9.17, 15) is 5.11 Å². The van der Waals surface area contributed by atoms with Gasteiger partial charge in [0.2, 0.25) is 0 Å². The highest BCUT2D eigenvalue weighted by atomic mass is 16.3. The highest BCUT2D eigenvalue weighted by Gasteiger charge is 2.46. The number of hydrogen-bond acceptors (Lipinski definition) is 3. The second-order valence-corrected chi connectivity index (χ2v) is 5.62. The summed E-state index contributed by atoms with van der Waals surface area (Å²) in [5.41, 5.74) is 0.0822. The summed E-state index contributed by atoms with van der Waals surface area (Å²) in [6.45, 7) is 0.855. The van der Waals surface area contributed by atoms with E-state index in [4.69, 9.17) is 5.26 Å². The van der Waals surface area contributed by atoms with Gasteiger partial charge in [0.1, 0.15) is 6.07 Å². The van der Waals surface area contributed by atoms with Gasteiger partial charge in [0.15, 0.2) is 5.60 Å². The highest BCUT2D eigenvalue weighted by molar-refractivity contribution is 5.26. The minimum Gasteiger partial charge on any atom is -0.373 e. The topological polar surface area (TPSA) is 47.3 Å². The third-order valence-corrected chi connectivity index (χ3v) is 4.09. The van der Waals surface area contributed by atoms with Crippen molar-refractivity contribution in [2.75, 3.05) is 13.1 Å². The first kappa shape index (κ1) is 13.1. The molecule has 0 radical (unpaired) electrons. The van der Waals surface area contributed by atoms with E-state index in [-0.39, 0.29) is 6.04 Å². The van der Waals surface area contributed by atoms with E-state index < -0.39 is 5.60 Å². The summed E-state index contributed by atoms with van der Waals surface area (Å²) in [6.07, 6.45) is 9.55. The Balaban J connectivity index is 1.84. The minimum absolute atomic E-state index is 0.228. The lowest BCUT2D eigenvalue weighted by Crippen LogP contribution is -2.62. The summed E-state index contributed by atoms with van der Waals surface area (Å²) < 4.78 is 0. The van der Waals surface area contributed by atoms with E-state index >= 15 is 0 Å². The first-order chi connectivity index (χ1) is 9.72. The van der Waals surface area contributed by atoms with Crippen molar-refractivity contribution in [1.82, 2.24) is 4.90 Å². The second kappa shape index (κ2) is 5.24. The molecule has 0 spiro atoms. The molecule has 1 heterocycles. The number of aliphatic hydroxyl groups is 1. The lowest BCUT2D eigenvalue weighted by molar-refractivity contribution is -0.0843. The molecule has 1 aliphatic carbocycles. The molecule has 3 heteroatoms. The lowest BCUT2D eigenvalue weighted by Gasteiger charge is -2.48. The number of rotatable bonds is 3. The quantitative estimate of drug-likeness (QED) is 0.855. The van der Waals surface area contributed by atoms with E-state index in [1.807, 2.05) is 24.3 Å². The molecule has 3 rings (SSSR count). The summed E-state index contributed by atoms with van der Waals surface area (Å²) in [5.74, 6) is 0.394. The van der Waals surface area contributed by atoms with Gasteiger partial charge in [0.25, 0.3) is 0 Å². The summed E-state index contributed by atoms with van der Waals surface area (Å²) in [4.78, 5) is 2.20. The standard InChI is InChI=1S/C17H18N2O/c18-11-17(20)12-19(13-17)16(14-7-3-1-4-8-14)15-9-5-2-6-10-15/h1-9,15-16,20H,10,12-13H2. The molecule has 1 aromatic carbocycles. The van der Waals surface area contributed by atoms with Crippen molar-refractivity contribution < 1.29 is 5.11 Å². The molecule has 2 atom stereocenters. The first-order valence-corrected chi connectivity index (χ1v) is 6.98. The summed E-state index contributed by atoms with van der Waals surface area (Å²) >= 11 is 0. The third-order valence-electron chi connectivity index (χ3n) is 4.09. The molecule has 0 amide bonds. The Kier molecular flexibility index (Phi) is 3.43. The molecule has 1 saturated heterocycles. The number of nitrogens with zero attached hydrogens (tertiary/aromatic N) is 2. The average Bonchev–Trinajstić information content (AvgIpc) is 2.48. The van der Waals surface area contributed by atoms with Crippen molar-refractivity contribution in [2.24, 2.45) is 5.92 Å². The van der Waals surface area contributed by atoms with Gasteiger partial charge in [0.05, 0.1) is 0 Å². The van der Waals surface area contributed by atoms with Crippen LogP contribution in [0.2, 0.25) is 0 Å². The Hall–Kier alpha value is -1.89. The molecule has 2 aliphatic rings. The first-order valence-electron chi connectivity index (χ1n) is 6.98. The molecular formula is C17H18N2O. The van der Waals surface area contributed by atoms with Crippen LogP contribution in [0.4, 0.5) is 0 Å². The van der Waals surface area contributed by atoms with Crippen LogP contribution in [0.5, 0.6) is 0 Å². The summed E-state index contributed by atoms with van der Waals surface area (Å²) in [7, 11) is 0. The van der Waals surface area contributed by atoms with Crippen molar-refractivity contribution in [3.63, 3.8) is 0 Å². The zero-order valence-electron chi connectivity index (χ0n) is 11.3. The van der Waals surface area contributed by atoms with Crippen LogP contribution in [0.25, 0.3) is 0 Å². The molecule has 102 valence electrons. The van der Waals surface area contributed by atoms with Crippen LogP contribution in [-0.4, -0.2) is 28.7 Å². The fourth-order valence-electron chi connectivity index (χ4n) is 3.11. The molecule has 2 unspecified atom stereocenters. The van der Waals surface area contributed by atoms with Crippen LogP contribution in [0, 0.1) is 17.2 Å². The zero-order chi connectivity index (χ0) is 14.0. The molecule has 0 bridgehead atoms. The minimum atomic E-state index is -1.17. The van der Waals surface area contributed by atoms with Gasteiger partial charge in [-0.05, 0) is 12.0 Å². The highest BCUT2D eigenvalue weighted by Crippen LogP contribution is 2.38. The van der Waals surface area contributed by atoms with E-state index in [2.05, 4.69) is 41.3 Å².